The summed E-state index contributed by atoms with van der Waals surface area (Å²) >= 11 is 0. The molecule has 0 amide bonds. The third-order valence-electron chi connectivity index (χ3n) is 3.86. The van der Waals surface area contributed by atoms with E-state index in [-0.39, 0.29) is 10.6 Å². The Bertz CT molecular complexity index is 590. The molecule has 0 unspecified atom stereocenters. The molecule has 0 saturated heterocycles. The Morgan fingerprint density at radius 2 is 1.65 bits per heavy atom. The van der Waals surface area contributed by atoms with Crippen LogP contribution in [-0.4, -0.2) is 11.0 Å². The molecule has 0 radical (unpaired) electrons. The second kappa shape index (κ2) is 5.33. The highest BCUT2D eigenvalue weighted by Crippen LogP contribution is 2.38. The zero-order valence-corrected chi connectivity index (χ0v) is 11.0. The number of benzene rings is 2. The van der Waals surface area contributed by atoms with Gasteiger partial charge in [0.15, 0.2) is 0 Å². The van der Waals surface area contributed by atoms with Gasteiger partial charge in [0.25, 0.3) is 5.69 Å². The van der Waals surface area contributed by atoms with Crippen LogP contribution in [0.5, 0.6) is 0 Å². The fourth-order valence-electron chi connectivity index (χ4n) is 2.65. The third kappa shape index (κ3) is 2.64. The standard InChI is InChI=1S/C16H16N2O2/c19-18(20)16-8-6-14(7-9-16)17-15-10-13(11-15)12-4-2-1-3-5-12/h1-9,13,15,17H,10-11H2. The van der Waals surface area contributed by atoms with Crippen LogP contribution in [0.1, 0.15) is 24.3 Å². The zero-order valence-electron chi connectivity index (χ0n) is 11.0. The Kier molecular flexibility index (Phi) is 3.37. The van der Waals surface area contributed by atoms with Crippen LogP contribution in [0, 0.1) is 10.1 Å². The molecule has 20 heavy (non-hydrogen) atoms. The van der Waals surface area contributed by atoms with Gasteiger partial charge < -0.3 is 5.32 Å². The van der Waals surface area contributed by atoms with Gasteiger partial charge in [-0.1, -0.05) is 30.3 Å². The number of anilines is 1. The second-order valence-corrected chi connectivity index (χ2v) is 5.22. The SMILES string of the molecule is O=[N+]([O-])c1ccc(NC2CC(c3ccccc3)C2)cc1. The van der Waals surface area contributed by atoms with E-state index in [9.17, 15) is 10.1 Å². The molecule has 1 fully saturated rings. The average Bonchev–Trinajstić information content (AvgIpc) is 2.44. The van der Waals surface area contributed by atoms with Crippen molar-refractivity contribution in [3.05, 3.63) is 70.3 Å². The van der Waals surface area contributed by atoms with Gasteiger partial charge >= 0.3 is 0 Å². The van der Waals surface area contributed by atoms with Crippen molar-refractivity contribution in [2.75, 3.05) is 5.32 Å². The molecule has 2 aromatic rings. The Hall–Kier alpha value is -2.36. The van der Waals surface area contributed by atoms with E-state index in [4.69, 9.17) is 0 Å². The molecule has 102 valence electrons. The zero-order chi connectivity index (χ0) is 13.9. The van der Waals surface area contributed by atoms with Gasteiger partial charge in [-0.15, -0.1) is 0 Å². The fraction of sp³-hybridized carbons (Fsp3) is 0.250. The van der Waals surface area contributed by atoms with E-state index in [0.717, 1.165) is 18.5 Å². The van der Waals surface area contributed by atoms with Crippen LogP contribution in [0.2, 0.25) is 0 Å². The topological polar surface area (TPSA) is 55.2 Å². The minimum absolute atomic E-state index is 0.131. The summed E-state index contributed by atoms with van der Waals surface area (Å²) in [5.41, 5.74) is 2.48. The van der Waals surface area contributed by atoms with Crippen molar-refractivity contribution in [2.45, 2.75) is 24.8 Å². The van der Waals surface area contributed by atoms with Gasteiger partial charge in [0.05, 0.1) is 4.92 Å². The van der Waals surface area contributed by atoms with Crippen molar-refractivity contribution < 1.29 is 4.92 Å². The Labute approximate surface area is 117 Å². The maximum absolute atomic E-state index is 10.6. The molecular formula is C16H16N2O2. The summed E-state index contributed by atoms with van der Waals surface area (Å²) in [5.74, 6) is 0.631. The van der Waals surface area contributed by atoms with E-state index < -0.39 is 0 Å². The molecule has 4 nitrogen and oxygen atoms in total. The summed E-state index contributed by atoms with van der Waals surface area (Å²) < 4.78 is 0. The summed E-state index contributed by atoms with van der Waals surface area (Å²) in [6.07, 6.45) is 2.22. The monoisotopic (exact) mass is 268 g/mol. The van der Waals surface area contributed by atoms with Crippen LogP contribution in [0.4, 0.5) is 11.4 Å². The molecule has 0 aromatic heterocycles. The predicted molar refractivity (Wildman–Crippen MR) is 78.9 cm³/mol. The lowest BCUT2D eigenvalue weighted by Crippen LogP contribution is -2.33. The molecule has 0 heterocycles. The molecule has 0 bridgehead atoms. The van der Waals surface area contributed by atoms with Crippen LogP contribution in [0.3, 0.4) is 0 Å². The highest BCUT2D eigenvalue weighted by Gasteiger charge is 2.29. The summed E-state index contributed by atoms with van der Waals surface area (Å²) in [5, 5.41) is 14.0. The molecule has 3 rings (SSSR count). The molecule has 1 aliphatic rings. The van der Waals surface area contributed by atoms with Crippen molar-refractivity contribution in [3.8, 4) is 0 Å². The summed E-state index contributed by atoms with van der Waals surface area (Å²) in [4.78, 5) is 10.2. The van der Waals surface area contributed by atoms with Crippen molar-refractivity contribution in [2.24, 2.45) is 0 Å². The first-order valence-electron chi connectivity index (χ1n) is 6.78. The Balaban J connectivity index is 1.55. The lowest BCUT2D eigenvalue weighted by atomic mass is 9.76. The largest absolute Gasteiger partial charge is 0.382 e. The first-order chi connectivity index (χ1) is 9.72. The number of non-ortho nitro benzene ring substituents is 1. The highest BCUT2D eigenvalue weighted by atomic mass is 16.6. The smallest absolute Gasteiger partial charge is 0.269 e. The molecule has 0 spiro atoms. The minimum Gasteiger partial charge on any atom is -0.382 e. The van der Waals surface area contributed by atoms with E-state index in [0.29, 0.717) is 12.0 Å². The van der Waals surface area contributed by atoms with Crippen LogP contribution < -0.4 is 5.32 Å². The highest BCUT2D eigenvalue weighted by molar-refractivity contribution is 5.49. The minimum atomic E-state index is -0.376. The van der Waals surface area contributed by atoms with E-state index in [1.54, 1.807) is 12.1 Å². The third-order valence-corrected chi connectivity index (χ3v) is 3.86. The van der Waals surface area contributed by atoms with Gasteiger partial charge in [0.2, 0.25) is 0 Å². The Morgan fingerprint density at radius 3 is 2.25 bits per heavy atom. The first kappa shape index (κ1) is 12.7. The van der Waals surface area contributed by atoms with Gasteiger partial charge in [-0.3, -0.25) is 10.1 Å². The summed E-state index contributed by atoms with van der Waals surface area (Å²) in [6.45, 7) is 0. The van der Waals surface area contributed by atoms with Crippen LogP contribution in [0.25, 0.3) is 0 Å². The molecule has 1 N–H and O–H groups in total. The van der Waals surface area contributed by atoms with Crippen molar-refractivity contribution in [1.29, 1.82) is 0 Å². The Morgan fingerprint density at radius 1 is 1.00 bits per heavy atom. The van der Waals surface area contributed by atoms with Gasteiger partial charge in [0, 0.05) is 23.9 Å². The quantitative estimate of drug-likeness (QED) is 0.674. The fourth-order valence-corrected chi connectivity index (χ4v) is 2.65. The van der Waals surface area contributed by atoms with Gasteiger partial charge in [-0.25, -0.2) is 0 Å². The summed E-state index contributed by atoms with van der Waals surface area (Å²) in [7, 11) is 0. The van der Waals surface area contributed by atoms with Gasteiger partial charge in [-0.2, -0.15) is 0 Å². The number of hydrogen-bond donors (Lipinski definition) is 1. The van der Waals surface area contributed by atoms with Crippen molar-refractivity contribution in [1.82, 2.24) is 0 Å². The van der Waals surface area contributed by atoms with Crippen LogP contribution >= 0.6 is 0 Å². The van der Waals surface area contributed by atoms with Crippen molar-refractivity contribution >= 4 is 11.4 Å². The van der Waals surface area contributed by atoms with Gasteiger partial charge in [0.1, 0.15) is 0 Å². The van der Waals surface area contributed by atoms with E-state index in [1.807, 2.05) is 6.07 Å². The van der Waals surface area contributed by atoms with E-state index in [1.165, 1.54) is 17.7 Å². The molecule has 4 heteroatoms. The molecule has 0 atom stereocenters. The van der Waals surface area contributed by atoms with E-state index in [2.05, 4.69) is 29.6 Å². The van der Waals surface area contributed by atoms with Gasteiger partial charge in [-0.05, 0) is 36.5 Å². The van der Waals surface area contributed by atoms with Crippen LogP contribution in [0.15, 0.2) is 54.6 Å². The second-order valence-electron chi connectivity index (χ2n) is 5.22. The number of rotatable bonds is 4. The molecule has 2 aromatic carbocycles. The average molecular weight is 268 g/mol. The maximum atomic E-state index is 10.6. The summed E-state index contributed by atoms with van der Waals surface area (Å²) in [6, 6.07) is 17.6. The predicted octanol–water partition coefficient (Wildman–Crippen LogP) is 3.95. The van der Waals surface area contributed by atoms with E-state index >= 15 is 0 Å². The molecular weight excluding hydrogens is 252 g/mol. The number of nitrogens with zero attached hydrogens (tertiary/aromatic N) is 1. The number of nitrogens with one attached hydrogen (secondary N) is 1. The lowest BCUT2D eigenvalue weighted by molar-refractivity contribution is -0.384. The normalized spacial score (nSPS) is 21.0. The first-order valence-corrected chi connectivity index (χ1v) is 6.78. The maximum Gasteiger partial charge on any atom is 0.269 e. The van der Waals surface area contributed by atoms with Crippen molar-refractivity contribution in [3.63, 3.8) is 0 Å². The number of nitro groups is 1. The molecule has 0 aliphatic heterocycles. The number of nitro benzene ring substituents is 1. The molecule has 1 aliphatic carbocycles. The van der Waals surface area contributed by atoms with Crippen LogP contribution in [-0.2, 0) is 0 Å². The molecule has 1 saturated carbocycles. The number of hydrogen-bond acceptors (Lipinski definition) is 3. The lowest BCUT2D eigenvalue weighted by Gasteiger charge is -2.36.